The summed E-state index contributed by atoms with van der Waals surface area (Å²) in [6, 6.07) is 7.52. The second-order valence-corrected chi connectivity index (χ2v) is 10.2. The number of nitrogens with zero attached hydrogens (tertiary/aromatic N) is 1. The number of carbonyl (C=O) groups excluding carboxylic acids is 2. The monoisotopic (exact) mass is 436 g/mol. The molecule has 3 atom stereocenters. The second-order valence-electron chi connectivity index (χ2n) is 10.2. The number of likely N-dealkylation sites (tertiary alicyclic amines) is 1. The summed E-state index contributed by atoms with van der Waals surface area (Å²) in [5, 5.41) is 3.10. The Balaban J connectivity index is 1.07. The van der Waals surface area contributed by atoms with Crippen LogP contribution in [0.3, 0.4) is 0 Å². The summed E-state index contributed by atoms with van der Waals surface area (Å²) in [5.74, 6) is 3.56. The number of carbonyl (C=O) groups is 2. The van der Waals surface area contributed by atoms with Crippen LogP contribution in [0.5, 0.6) is 5.75 Å². The molecule has 3 unspecified atom stereocenters. The number of benzene rings is 1. The first-order chi connectivity index (χ1) is 15.7. The fraction of sp³-hybridized carbons (Fsp3) is 0.630. The van der Waals surface area contributed by atoms with Gasteiger partial charge in [0, 0.05) is 44.0 Å². The molecule has 2 bridgehead atoms. The quantitative estimate of drug-likeness (QED) is 0.637. The zero-order valence-electron chi connectivity index (χ0n) is 19.0. The van der Waals surface area contributed by atoms with Crippen LogP contribution in [0.15, 0.2) is 36.4 Å². The molecule has 4 aliphatic rings. The Bertz CT molecular complexity index is 852. The minimum Gasteiger partial charge on any atom is -0.490 e. The van der Waals surface area contributed by atoms with E-state index in [1.807, 2.05) is 29.2 Å². The molecule has 1 aliphatic heterocycles. The first-order valence-corrected chi connectivity index (χ1v) is 12.7. The van der Waals surface area contributed by atoms with Gasteiger partial charge in [0.1, 0.15) is 11.9 Å². The van der Waals surface area contributed by atoms with Crippen molar-refractivity contribution < 1.29 is 14.3 Å². The normalized spacial score (nSPS) is 27.8. The molecule has 3 aliphatic carbocycles. The summed E-state index contributed by atoms with van der Waals surface area (Å²) in [6.45, 7) is 2.29. The summed E-state index contributed by atoms with van der Waals surface area (Å²) < 4.78 is 6.19. The molecule has 5 rings (SSSR count). The Hall–Kier alpha value is -2.30. The van der Waals surface area contributed by atoms with Crippen molar-refractivity contribution >= 4 is 11.8 Å². The Labute approximate surface area is 191 Å². The molecular formula is C27H36N2O3. The maximum atomic E-state index is 12.6. The van der Waals surface area contributed by atoms with Crippen molar-refractivity contribution in [2.75, 3.05) is 19.6 Å². The summed E-state index contributed by atoms with van der Waals surface area (Å²) in [7, 11) is 0. The maximum Gasteiger partial charge on any atom is 0.251 e. The molecule has 1 aromatic rings. The zero-order valence-corrected chi connectivity index (χ0v) is 19.0. The van der Waals surface area contributed by atoms with Crippen molar-refractivity contribution in [1.29, 1.82) is 0 Å². The van der Waals surface area contributed by atoms with Gasteiger partial charge < -0.3 is 15.0 Å². The second kappa shape index (κ2) is 9.68. The Morgan fingerprint density at radius 1 is 1.03 bits per heavy atom. The van der Waals surface area contributed by atoms with E-state index in [1.54, 1.807) is 0 Å². The Morgan fingerprint density at radius 2 is 1.84 bits per heavy atom. The third-order valence-electron chi connectivity index (χ3n) is 8.07. The van der Waals surface area contributed by atoms with Crippen LogP contribution in [-0.4, -0.2) is 42.5 Å². The molecular weight excluding hydrogens is 400 g/mol. The van der Waals surface area contributed by atoms with Crippen LogP contribution in [0.25, 0.3) is 0 Å². The van der Waals surface area contributed by atoms with Gasteiger partial charge in [-0.05, 0) is 68.1 Å². The molecule has 5 nitrogen and oxygen atoms in total. The number of amides is 2. The predicted octanol–water partition coefficient (Wildman–Crippen LogP) is 4.58. The van der Waals surface area contributed by atoms with E-state index in [0.29, 0.717) is 11.5 Å². The highest BCUT2D eigenvalue weighted by molar-refractivity contribution is 5.94. The summed E-state index contributed by atoms with van der Waals surface area (Å²) >= 11 is 0. The van der Waals surface area contributed by atoms with Gasteiger partial charge in [0.05, 0.1) is 0 Å². The van der Waals surface area contributed by atoms with Crippen LogP contribution < -0.4 is 10.1 Å². The third-order valence-corrected chi connectivity index (χ3v) is 8.07. The van der Waals surface area contributed by atoms with Gasteiger partial charge in [-0.25, -0.2) is 0 Å². The van der Waals surface area contributed by atoms with Crippen molar-refractivity contribution in [3.63, 3.8) is 0 Å². The van der Waals surface area contributed by atoms with Crippen LogP contribution >= 0.6 is 0 Å². The average Bonchev–Trinajstić information content (AvgIpc) is 3.58. The molecule has 172 valence electrons. The third kappa shape index (κ3) is 4.87. The standard InChI is InChI=1S/C27H36N2O3/c30-26(28-13-10-22-17-19-8-9-21(22)16-19)23-6-3-7-25(18-23)32-24-11-14-29(15-12-24)27(31)20-4-1-2-5-20/h3,6-9,18-22,24H,1-2,4-5,10-17H2,(H,28,30). The van der Waals surface area contributed by atoms with E-state index in [4.69, 9.17) is 4.74 Å². The van der Waals surface area contributed by atoms with Crippen LogP contribution in [0.4, 0.5) is 0 Å². The number of allylic oxidation sites excluding steroid dienone is 2. The van der Waals surface area contributed by atoms with E-state index in [9.17, 15) is 9.59 Å². The molecule has 5 heteroatoms. The smallest absolute Gasteiger partial charge is 0.251 e. The average molecular weight is 437 g/mol. The van der Waals surface area contributed by atoms with Gasteiger partial charge in [-0.1, -0.05) is 31.1 Å². The Morgan fingerprint density at radius 3 is 2.56 bits per heavy atom. The van der Waals surface area contributed by atoms with Crippen molar-refractivity contribution in [2.45, 2.75) is 63.9 Å². The lowest BCUT2D eigenvalue weighted by atomic mass is 9.90. The van der Waals surface area contributed by atoms with E-state index < -0.39 is 0 Å². The van der Waals surface area contributed by atoms with E-state index in [2.05, 4.69) is 17.5 Å². The number of piperidine rings is 1. The van der Waals surface area contributed by atoms with Gasteiger partial charge in [0.25, 0.3) is 5.91 Å². The summed E-state index contributed by atoms with van der Waals surface area (Å²) in [6.07, 6.45) is 14.7. The molecule has 1 N–H and O–H groups in total. The molecule has 3 fully saturated rings. The molecule has 1 saturated heterocycles. The number of nitrogens with one attached hydrogen (secondary N) is 1. The van der Waals surface area contributed by atoms with Crippen molar-refractivity contribution in [2.24, 2.45) is 23.7 Å². The fourth-order valence-electron chi connectivity index (χ4n) is 6.23. The number of ether oxygens (including phenoxy) is 1. The van der Waals surface area contributed by atoms with Crippen LogP contribution in [0.1, 0.15) is 68.1 Å². The van der Waals surface area contributed by atoms with Crippen LogP contribution in [0.2, 0.25) is 0 Å². The molecule has 0 radical (unpaired) electrons. The van der Waals surface area contributed by atoms with E-state index >= 15 is 0 Å². The van der Waals surface area contributed by atoms with Crippen LogP contribution in [-0.2, 0) is 4.79 Å². The number of hydrogen-bond acceptors (Lipinski definition) is 3. The molecule has 0 aromatic heterocycles. The molecule has 32 heavy (non-hydrogen) atoms. The lowest BCUT2D eigenvalue weighted by molar-refractivity contribution is -0.137. The first kappa shape index (κ1) is 21.5. The fourth-order valence-corrected chi connectivity index (χ4v) is 6.23. The number of hydrogen-bond donors (Lipinski definition) is 1. The molecule has 2 saturated carbocycles. The topological polar surface area (TPSA) is 58.6 Å². The minimum absolute atomic E-state index is 0.0221. The highest BCUT2D eigenvalue weighted by atomic mass is 16.5. The van der Waals surface area contributed by atoms with Gasteiger partial charge in [-0.2, -0.15) is 0 Å². The van der Waals surface area contributed by atoms with Crippen molar-refractivity contribution in [3.8, 4) is 5.75 Å². The van der Waals surface area contributed by atoms with Gasteiger partial charge in [0.2, 0.25) is 5.91 Å². The Kier molecular flexibility index (Phi) is 6.52. The van der Waals surface area contributed by atoms with E-state index in [1.165, 1.54) is 25.7 Å². The van der Waals surface area contributed by atoms with Crippen LogP contribution in [0, 0.1) is 23.7 Å². The molecule has 0 spiro atoms. The van der Waals surface area contributed by atoms with E-state index in [-0.39, 0.29) is 17.9 Å². The van der Waals surface area contributed by atoms with Gasteiger partial charge in [-0.15, -0.1) is 0 Å². The SMILES string of the molecule is O=C(NCCC1CC2C=CC1C2)c1cccc(OC2CCN(C(=O)C3CCCC3)CC2)c1. The summed E-state index contributed by atoms with van der Waals surface area (Å²) in [4.78, 5) is 27.3. The number of fused-ring (bicyclic) bond motifs is 2. The summed E-state index contributed by atoms with van der Waals surface area (Å²) in [5.41, 5.74) is 0.657. The largest absolute Gasteiger partial charge is 0.490 e. The maximum absolute atomic E-state index is 12.6. The highest BCUT2D eigenvalue weighted by Crippen LogP contribution is 2.44. The molecule has 2 amide bonds. The number of rotatable bonds is 7. The first-order valence-electron chi connectivity index (χ1n) is 12.7. The molecule has 1 aromatic carbocycles. The minimum atomic E-state index is -0.0221. The van der Waals surface area contributed by atoms with Gasteiger partial charge in [0.15, 0.2) is 0 Å². The van der Waals surface area contributed by atoms with Gasteiger partial charge in [-0.3, -0.25) is 9.59 Å². The lowest BCUT2D eigenvalue weighted by Crippen LogP contribution is -2.44. The zero-order chi connectivity index (χ0) is 21.9. The van der Waals surface area contributed by atoms with Crippen molar-refractivity contribution in [1.82, 2.24) is 10.2 Å². The molecule has 1 heterocycles. The predicted molar refractivity (Wildman–Crippen MR) is 124 cm³/mol. The van der Waals surface area contributed by atoms with Crippen molar-refractivity contribution in [3.05, 3.63) is 42.0 Å². The van der Waals surface area contributed by atoms with Gasteiger partial charge >= 0.3 is 0 Å². The lowest BCUT2D eigenvalue weighted by Gasteiger charge is -2.33. The highest BCUT2D eigenvalue weighted by Gasteiger charge is 2.35. The van der Waals surface area contributed by atoms with E-state index in [0.717, 1.165) is 75.2 Å².